The van der Waals surface area contributed by atoms with Gasteiger partial charge in [-0.3, -0.25) is 9.69 Å². The summed E-state index contributed by atoms with van der Waals surface area (Å²) < 4.78 is 19.3. The van der Waals surface area contributed by atoms with Crippen LogP contribution in [0.15, 0.2) is 71.8 Å². The lowest BCUT2D eigenvalue weighted by atomic mass is 10.1. The third-order valence-electron chi connectivity index (χ3n) is 6.11. The van der Waals surface area contributed by atoms with Gasteiger partial charge in [-0.05, 0) is 42.8 Å². The largest absolute Gasteiger partial charge is 0.438 e. The summed E-state index contributed by atoms with van der Waals surface area (Å²) in [5.41, 5.74) is 1.66. The molecule has 1 atom stereocenters. The summed E-state index contributed by atoms with van der Waals surface area (Å²) >= 11 is 0. The Labute approximate surface area is 190 Å². The quantitative estimate of drug-likeness (QED) is 0.498. The van der Waals surface area contributed by atoms with Gasteiger partial charge in [-0.15, -0.1) is 0 Å². The highest BCUT2D eigenvalue weighted by molar-refractivity contribution is 5.85. The fraction of sp³-hybridized carbons (Fsp3) is 0.240. The van der Waals surface area contributed by atoms with Gasteiger partial charge in [0.1, 0.15) is 23.7 Å². The molecule has 0 aliphatic carbocycles. The minimum Gasteiger partial charge on any atom is -0.438 e. The van der Waals surface area contributed by atoms with E-state index in [4.69, 9.17) is 4.74 Å². The molecule has 0 saturated carbocycles. The van der Waals surface area contributed by atoms with Gasteiger partial charge in [0.25, 0.3) is 0 Å². The van der Waals surface area contributed by atoms with E-state index in [1.165, 1.54) is 24.5 Å². The molecule has 5 rings (SSSR count). The van der Waals surface area contributed by atoms with Gasteiger partial charge in [0.05, 0.1) is 5.52 Å². The monoisotopic (exact) mass is 445 g/mol. The molecule has 8 heteroatoms. The number of hydrogen-bond acceptors (Lipinski definition) is 6. The number of nitrogens with one attached hydrogen (secondary N) is 1. The normalized spacial score (nSPS) is 15.5. The van der Waals surface area contributed by atoms with Crippen molar-refractivity contribution in [1.82, 2.24) is 19.9 Å². The van der Waals surface area contributed by atoms with Gasteiger partial charge < -0.3 is 14.6 Å². The van der Waals surface area contributed by atoms with Gasteiger partial charge in [0.2, 0.25) is 11.4 Å². The van der Waals surface area contributed by atoms with E-state index in [2.05, 4.69) is 31.7 Å². The van der Waals surface area contributed by atoms with E-state index in [0.29, 0.717) is 17.1 Å². The summed E-state index contributed by atoms with van der Waals surface area (Å²) in [6, 6.07) is 17.5. The number of benzene rings is 2. The van der Waals surface area contributed by atoms with Crippen LogP contribution >= 0.6 is 0 Å². The van der Waals surface area contributed by atoms with Gasteiger partial charge in [-0.1, -0.05) is 18.2 Å². The molecule has 168 valence electrons. The van der Waals surface area contributed by atoms with E-state index < -0.39 is 0 Å². The molecule has 2 aromatic carbocycles. The van der Waals surface area contributed by atoms with Crippen molar-refractivity contribution in [1.29, 1.82) is 0 Å². The zero-order valence-electron chi connectivity index (χ0n) is 18.2. The number of aromatic amines is 1. The fourth-order valence-corrected chi connectivity index (χ4v) is 4.21. The first-order valence-electron chi connectivity index (χ1n) is 10.9. The Kier molecular flexibility index (Phi) is 5.75. The van der Waals surface area contributed by atoms with Gasteiger partial charge >= 0.3 is 0 Å². The second-order valence-electron chi connectivity index (χ2n) is 8.11. The average molecular weight is 445 g/mol. The average Bonchev–Trinajstić information content (AvgIpc) is 2.84. The van der Waals surface area contributed by atoms with Crippen LogP contribution in [0.5, 0.6) is 11.6 Å². The van der Waals surface area contributed by atoms with Gasteiger partial charge in [0, 0.05) is 49.7 Å². The molecule has 0 amide bonds. The highest BCUT2D eigenvalue weighted by Gasteiger charge is 2.23. The van der Waals surface area contributed by atoms with Crippen molar-refractivity contribution in [2.45, 2.75) is 13.0 Å². The van der Waals surface area contributed by atoms with Gasteiger partial charge in [0.15, 0.2) is 0 Å². The molecule has 1 aliphatic rings. The number of H-pyrrole nitrogens is 1. The molecular formula is C25H24FN5O2. The van der Waals surface area contributed by atoms with Crippen LogP contribution in [0.3, 0.4) is 0 Å². The maximum absolute atomic E-state index is 13.2. The molecule has 1 unspecified atom stereocenters. The smallest absolute Gasteiger partial charge is 0.248 e. The predicted octanol–water partition coefficient (Wildman–Crippen LogP) is 4.13. The Morgan fingerprint density at radius 2 is 1.79 bits per heavy atom. The number of fused-ring (bicyclic) bond motifs is 1. The predicted molar refractivity (Wildman–Crippen MR) is 125 cm³/mol. The van der Waals surface area contributed by atoms with Crippen LogP contribution in [0, 0.1) is 5.82 Å². The van der Waals surface area contributed by atoms with Crippen LogP contribution in [0.2, 0.25) is 0 Å². The van der Waals surface area contributed by atoms with E-state index in [0.717, 1.165) is 42.9 Å². The molecule has 0 bridgehead atoms. The number of rotatable bonds is 5. The maximum atomic E-state index is 13.2. The molecule has 0 spiro atoms. The van der Waals surface area contributed by atoms with Crippen LogP contribution < -0.4 is 15.2 Å². The second-order valence-corrected chi connectivity index (χ2v) is 8.11. The molecule has 4 aromatic rings. The first-order valence-corrected chi connectivity index (χ1v) is 10.9. The fourth-order valence-electron chi connectivity index (χ4n) is 4.21. The van der Waals surface area contributed by atoms with Crippen LogP contribution in [-0.2, 0) is 0 Å². The second kappa shape index (κ2) is 8.99. The van der Waals surface area contributed by atoms with E-state index in [1.807, 2.05) is 36.4 Å². The van der Waals surface area contributed by atoms with E-state index >= 15 is 0 Å². The minimum atomic E-state index is -0.214. The minimum absolute atomic E-state index is 0.156. The highest BCUT2D eigenvalue weighted by atomic mass is 19.1. The van der Waals surface area contributed by atoms with E-state index in [9.17, 15) is 9.18 Å². The number of piperazine rings is 1. The topological polar surface area (TPSA) is 74.3 Å². The van der Waals surface area contributed by atoms with Crippen molar-refractivity contribution in [3.63, 3.8) is 0 Å². The number of aromatic nitrogens is 3. The van der Waals surface area contributed by atoms with Crippen molar-refractivity contribution in [3.8, 4) is 11.6 Å². The van der Waals surface area contributed by atoms with Crippen LogP contribution in [0.25, 0.3) is 10.9 Å². The molecule has 33 heavy (non-hydrogen) atoms. The zero-order valence-corrected chi connectivity index (χ0v) is 18.2. The van der Waals surface area contributed by atoms with Crippen molar-refractivity contribution in [2.24, 2.45) is 0 Å². The zero-order chi connectivity index (χ0) is 22.8. The Morgan fingerprint density at radius 1 is 1.00 bits per heavy atom. The van der Waals surface area contributed by atoms with Crippen LogP contribution in [-0.4, -0.2) is 46.0 Å². The highest BCUT2D eigenvalue weighted by Crippen LogP contribution is 2.29. The SMILES string of the molecule is CC(c1ccc(F)cc1)N1CCN(c2cc(Oc3cccc4[nH]c(=O)ccc34)ncn2)CC1. The summed E-state index contributed by atoms with van der Waals surface area (Å²) in [7, 11) is 0. The summed E-state index contributed by atoms with van der Waals surface area (Å²) in [6.07, 6.45) is 1.51. The molecule has 0 radical (unpaired) electrons. The standard InChI is InChI=1S/C25H24FN5O2/c1-17(18-5-7-19(26)8-6-18)30-11-13-31(14-12-30)23-15-25(28-16-27-23)33-22-4-2-3-21-20(22)9-10-24(32)29-21/h2-10,15-17H,11-14H2,1H3,(H,29,32). The Bertz CT molecular complexity index is 1320. The number of anilines is 1. The van der Waals surface area contributed by atoms with Crippen LogP contribution in [0.4, 0.5) is 10.2 Å². The number of pyridine rings is 1. The summed E-state index contributed by atoms with van der Waals surface area (Å²) in [4.78, 5) is 27.7. The summed E-state index contributed by atoms with van der Waals surface area (Å²) in [6.45, 7) is 5.52. The summed E-state index contributed by atoms with van der Waals surface area (Å²) in [5, 5.41) is 0.806. The third kappa shape index (κ3) is 4.56. The summed E-state index contributed by atoms with van der Waals surface area (Å²) in [5.74, 6) is 1.66. The van der Waals surface area contributed by atoms with Crippen molar-refractivity contribution in [2.75, 3.05) is 31.1 Å². The van der Waals surface area contributed by atoms with Crippen molar-refractivity contribution in [3.05, 3.63) is 88.7 Å². The molecule has 7 nitrogen and oxygen atoms in total. The van der Waals surface area contributed by atoms with E-state index in [1.54, 1.807) is 6.07 Å². The van der Waals surface area contributed by atoms with Crippen LogP contribution in [0.1, 0.15) is 18.5 Å². The Morgan fingerprint density at radius 3 is 2.58 bits per heavy atom. The molecule has 1 aliphatic heterocycles. The number of ether oxygens (including phenoxy) is 1. The van der Waals surface area contributed by atoms with Crippen molar-refractivity contribution < 1.29 is 9.13 Å². The van der Waals surface area contributed by atoms with Crippen molar-refractivity contribution >= 4 is 16.7 Å². The van der Waals surface area contributed by atoms with E-state index in [-0.39, 0.29) is 17.4 Å². The molecule has 3 heterocycles. The number of nitrogens with zero attached hydrogens (tertiary/aromatic N) is 4. The Hall–Kier alpha value is -3.78. The molecule has 1 N–H and O–H groups in total. The number of halogens is 1. The lowest BCUT2D eigenvalue weighted by molar-refractivity contribution is 0.198. The molecule has 1 saturated heterocycles. The van der Waals surface area contributed by atoms with Gasteiger partial charge in [-0.25, -0.2) is 14.4 Å². The third-order valence-corrected chi connectivity index (χ3v) is 6.11. The maximum Gasteiger partial charge on any atom is 0.248 e. The first-order chi connectivity index (χ1) is 16.1. The Balaban J connectivity index is 1.28. The molecule has 1 fully saturated rings. The molecule has 2 aromatic heterocycles. The lowest BCUT2D eigenvalue weighted by Crippen LogP contribution is -2.47. The number of hydrogen-bond donors (Lipinski definition) is 1. The van der Waals surface area contributed by atoms with Gasteiger partial charge in [-0.2, -0.15) is 0 Å². The lowest BCUT2D eigenvalue weighted by Gasteiger charge is -2.38. The first kappa shape index (κ1) is 21.1. The molecular weight excluding hydrogens is 421 g/mol.